The van der Waals surface area contributed by atoms with Gasteiger partial charge in [0.2, 0.25) is 10.0 Å². The van der Waals surface area contributed by atoms with Crippen molar-refractivity contribution in [2.45, 2.75) is 17.7 Å². The van der Waals surface area contributed by atoms with Gasteiger partial charge < -0.3 is 4.90 Å². The normalized spacial score (nSPS) is 14.1. The SMILES string of the molecule is NS(=O)(=O)c1ccc2c(c1)CCN2CCc1ccc(Cl)c(Cl)c1. The number of anilines is 1. The largest absolute Gasteiger partial charge is 0.371 e. The van der Waals surface area contributed by atoms with Crippen LogP contribution in [0, 0.1) is 0 Å². The van der Waals surface area contributed by atoms with E-state index >= 15 is 0 Å². The van der Waals surface area contributed by atoms with Gasteiger partial charge in [0.1, 0.15) is 0 Å². The van der Waals surface area contributed by atoms with Gasteiger partial charge >= 0.3 is 0 Å². The summed E-state index contributed by atoms with van der Waals surface area (Å²) in [6.07, 6.45) is 1.66. The van der Waals surface area contributed by atoms with Crippen LogP contribution in [0.15, 0.2) is 41.3 Å². The molecule has 0 aliphatic carbocycles. The molecule has 0 spiro atoms. The molecule has 0 atom stereocenters. The third kappa shape index (κ3) is 3.63. The minimum atomic E-state index is -3.65. The van der Waals surface area contributed by atoms with Crippen LogP contribution in [-0.2, 0) is 22.9 Å². The smallest absolute Gasteiger partial charge is 0.238 e. The van der Waals surface area contributed by atoms with Gasteiger partial charge in [-0.3, -0.25) is 0 Å². The van der Waals surface area contributed by atoms with Gasteiger partial charge in [-0.25, -0.2) is 13.6 Å². The second kappa shape index (κ2) is 6.32. The highest BCUT2D eigenvalue weighted by Gasteiger charge is 2.21. The van der Waals surface area contributed by atoms with Gasteiger partial charge in [0.25, 0.3) is 0 Å². The Morgan fingerprint density at radius 3 is 2.57 bits per heavy atom. The number of fused-ring (bicyclic) bond motifs is 1. The van der Waals surface area contributed by atoms with Gasteiger partial charge in [-0.15, -0.1) is 0 Å². The third-order valence-corrected chi connectivity index (χ3v) is 5.68. The summed E-state index contributed by atoms with van der Waals surface area (Å²) in [7, 11) is -3.65. The fourth-order valence-corrected chi connectivity index (χ4v) is 3.70. The summed E-state index contributed by atoms with van der Waals surface area (Å²) < 4.78 is 22.9. The van der Waals surface area contributed by atoms with E-state index in [1.165, 1.54) is 0 Å². The third-order valence-electron chi connectivity index (χ3n) is 4.03. The summed E-state index contributed by atoms with van der Waals surface area (Å²) in [6, 6.07) is 10.7. The van der Waals surface area contributed by atoms with Crippen LogP contribution in [0.4, 0.5) is 5.69 Å². The van der Waals surface area contributed by atoms with Crippen molar-refractivity contribution >= 4 is 38.9 Å². The van der Waals surface area contributed by atoms with Gasteiger partial charge in [-0.1, -0.05) is 29.3 Å². The van der Waals surface area contributed by atoms with E-state index in [-0.39, 0.29) is 4.90 Å². The fraction of sp³-hybridized carbons (Fsp3) is 0.250. The van der Waals surface area contributed by atoms with Crippen LogP contribution in [0.25, 0.3) is 0 Å². The average Bonchev–Trinajstić information content (AvgIpc) is 2.90. The van der Waals surface area contributed by atoms with E-state index in [1.54, 1.807) is 18.2 Å². The number of primary sulfonamides is 1. The molecule has 2 N–H and O–H groups in total. The molecular formula is C16H16Cl2N2O2S. The van der Waals surface area contributed by atoms with Crippen molar-refractivity contribution in [1.29, 1.82) is 0 Å². The van der Waals surface area contributed by atoms with E-state index in [1.807, 2.05) is 18.2 Å². The molecule has 122 valence electrons. The summed E-state index contributed by atoms with van der Waals surface area (Å²) in [5, 5.41) is 6.29. The van der Waals surface area contributed by atoms with Crippen molar-refractivity contribution in [2.24, 2.45) is 5.14 Å². The Morgan fingerprint density at radius 2 is 1.87 bits per heavy atom. The molecule has 0 aromatic heterocycles. The minimum Gasteiger partial charge on any atom is -0.371 e. The van der Waals surface area contributed by atoms with Gasteiger partial charge in [0, 0.05) is 18.8 Å². The van der Waals surface area contributed by atoms with E-state index in [2.05, 4.69) is 4.90 Å². The first-order valence-corrected chi connectivity index (χ1v) is 9.49. The Morgan fingerprint density at radius 1 is 1.09 bits per heavy atom. The molecular weight excluding hydrogens is 355 g/mol. The first-order valence-electron chi connectivity index (χ1n) is 7.19. The van der Waals surface area contributed by atoms with Crippen molar-refractivity contribution in [3.8, 4) is 0 Å². The van der Waals surface area contributed by atoms with Crippen LogP contribution < -0.4 is 10.0 Å². The zero-order valence-electron chi connectivity index (χ0n) is 12.3. The molecule has 7 heteroatoms. The Kier molecular flexibility index (Phi) is 4.56. The quantitative estimate of drug-likeness (QED) is 0.898. The number of nitrogens with zero attached hydrogens (tertiary/aromatic N) is 1. The molecule has 2 aromatic rings. The highest BCUT2D eigenvalue weighted by Crippen LogP contribution is 2.30. The molecule has 4 nitrogen and oxygen atoms in total. The summed E-state index contributed by atoms with van der Waals surface area (Å²) in [5.74, 6) is 0. The van der Waals surface area contributed by atoms with Gasteiger partial charge in [-0.05, 0) is 54.3 Å². The van der Waals surface area contributed by atoms with Crippen molar-refractivity contribution in [2.75, 3.05) is 18.0 Å². The van der Waals surface area contributed by atoms with Gasteiger partial charge in [-0.2, -0.15) is 0 Å². The summed E-state index contributed by atoms with van der Waals surface area (Å²) >= 11 is 12.0. The molecule has 0 unspecified atom stereocenters. The number of sulfonamides is 1. The zero-order chi connectivity index (χ0) is 16.6. The second-order valence-electron chi connectivity index (χ2n) is 5.57. The lowest BCUT2D eigenvalue weighted by Gasteiger charge is -2.19. The molecule has 1 aliphatic rings. The van der Waals surface area contributed by atoms with Crippen LogP contribution in [0.1, 0.15) is 11.1 Å². The molecule has 1 heterocycles. The fourth-order valence-electron chi connectivity index (χ4n) is 2.81. The van der Waals surface area contributed by atoms with Crippen LogP contribution in [0.3, 0.4) is 0 Å². The lowest BCUT2D eigenvalue weighted by atomic mass is 10.1. The number of rotatable bonds is 4. The molecule has 3 rings (SSSR count). The maximum Gasteiger partial charge on any atom is 0.238 e. The first kappa shape index (κ1) is 16.6. The first-order chi connectivity index (χ1) is 10.8. The molecule has 0 saturated heterocycles. The Balaban J connectivity index is 1.74. The Bertz CT molecular complexity index is 853. The lowest BCUT2D eigenvalue weighted by Crippen LogP contribution is -2.23. The van der Waals surface area contributed by atoms with Crippen LogP contribution in [0.2, 0.25) is 10.0 Å². The number of hydrogen-bond donors (Lipinski definition) is 1. The molecule has 0 amide bonds. The minimum absolute atomic E-state index is 0.169. The van der Waals surface area contributed by atoms with Gasteiger partial charge in [0.15, 0.2) is 0 Å². The van der Waals surface area contributed by atoms with E-state index in [0.717, 1.165) is 42.7 Å². The second-order valence-corrected chi connectivity index (χ2v) is 7.95. The van der Waals surface area contributed by atoms with E-state index in [9.17, 15) is 8.42 Å². The highest BCUT2D eigenvalue weighted by molar-refractivity contribution is 7.89. The van der Waals surface area contributed by atoms with Crippen LogP contribution >= 0.6 is 23.2 Å². The van der Waals surface area contributed by atoms with Crippen LogP contribution in [-0.4, -0.2) is 21.5 Å². The highest BCUT2D eigenvalue weighted by atomic mass is 35.5. The molecule has 2 aromatic carbocycles. The Hall–Kier alpha value is -1.27. The number of hydrogen-bond acceptors (Lipinski definition) is 3. The lowest BCUT2D eigenvalue weighted by molar-refractivity contribution is 0.597. The van der Waals surface area contributed by atoms with E-state index in [0.29, 0.717) is 10.0 Å². The number of halogens is 2. The predicted molar refractivity (Wildman–Crippen MR) is 93.9 cm³/mol. The monoisotopic (exact) mass is 370 g/mol. The van der Waals surface area contributed by atoms with Crippen molar-refractivity contribution in [3.63, 3.8) is 0 Å². The molecule has 0 saturated carbocycles. The topological polar surface area (TPSA) is 63.4 Å². The average molecular weight is 371 g/mol. The molecule has 0 radical (unpaired) electrons. The van der Waals surface area contributed by atoms with E-state index < -0.39 is 10.0 Å². The Labute approximate surface area is 145 Å². The maximum absolute atomic E-state index is 11.4. The number of benzene rings is 2. The van der Waals surface area contributed by atoms with E-state index in [4.69, 9.17) is 28.3 Å². The molecule has 0 bridgehead atoms. The molecule has 1 aliphatic heterocycles. The molecule has 23 heavy (non-hydrogen) atoms. The zero-order valence-corrected chi connectivity index (χ0v) is 14.6. The summed E-state index contributed by atoms with van der Waals surface area (Å²) in [6.45, 7) is 1.70. The van der Waals surface area contributed by atoms with Crippen molar-refractivity contribution in [3.05, 3.63) is 57.6 Å². The maximum atomic E-state index is 11.4. The van der Waals surface area contributed by atoms with Crippen molar-refractivity contribution < 1.29 is 8.42 Å². The number of nitrogens with two attached hydrogens (primary N) is 1. The standard InChI is InChI=1S/C16H16Cl2N2O2S/c17-14-3-1-11(9-15(14)18)5-7-20-8-6-12-10-13(23(19,21)22)2-4-16(12)20/h1-4,9-10H,5-8H2,(H2,19,21,22). The summed E-state index contributed by atoms with van der Waals surface area (Å²) in [4.78, 5) is 2.41. The van der Waals surface area contributed by atoms with Crippen molar-refractivity contribution in [1.82, 2.24) is 0 Å². The summed E-state index contributed by atoms with van der Waals surface area (Å²) in [5.41, 5.74) is 3.21. The molecule has 0 fully saturated rings. The predicted octanol–water partition coefficient (Wildman–Crippen LogP) is 3.25. The van der Waals surface area contributed by atoms with Crippen LogP contribution in [0.5, 0.6) is 0 Å². The van der Waals surface area contributed by atoms with Gasteiger partial charge in [0.05, 0.1) is 14.9 Å².